The largest absolute Gasteiger partial charge is 0.329 e. The van der Waals surface area contributed by atoms with E-state index in [1.54, 1.807) is 0 Å². The summed E-state index contributed by atoms with van der Waals surface area (Å²) in [4.78, 5) is 2.34. The molecule has 0 unspecified atom stereocenters. The zero-order chi connectivity index (χ0) is 11.7. The van der Waals surface area contributed by atoms with Crippen LogP contribution in [0.25, 0.3) is 0 Å². The first-order valence-corrected chi connectivity index (χ1v) is 6.19. The number of nitrogens with zero attached hydrogens (tertiary/aromatic N) is 1. The minimum Gasteiger partial charge on any atom is -0.329 e. The van der Waals surface area contributed by atoms with Crippen LogP contribution in [0.15, 0.2) is 0 Å². The molecule has 1 fully saturated rings. The van der Waals surface area contributed by atoms with Crippen LogP contribution in [0, 0.1) is 11.3 Å². The third kappa shape index (κ3) is 2.73. The summed E-state index contributed by atoms with van der Waals surface area (Å²) in [6.45, 7) is 7.89. The number of hydrogen-bond acceptors (Lipinski definition) is 2. The summed E-state index contributed by atoms with van der Waals surface area (Å²) in [5, 5.41) is 0. The maximum absolute atomic E-state index is 5.95. The highest BCUT2D eigenvalue weighted by molar-refractivity contribution is 4.95. The van der Waals surface area contributed by atoms with Crippen molar-refractivity contribution in [3.8, 4) is 0 Å². The first kappa shape index (κ1) is 13.0. The van der Waals surface area contributed by atoms with Crippen LogP contribution in [0.4, 0.5) is 0 Å². The van der Waals surface area contributed by atoms with Crippen molar-refractivity contribution in [3.05, 3.63) is 0 Å². The molecule has 1 aliphatic carbocycles. The second-order valence-electron chi connectivity index (χ2n) is 6.46. The average molecular weight is 212 g/mol. The molecule has 2 heteroatoms. The molecule has 0 spiro atoms. The Balaban J connectivity index is 2.61. The van der Waals surface area contributed by atoms with Crippen LogP contribution >= 0.6 is 0 Å². The molecule has 0 heterocycles. The monoisotopic (exact) mass is 212 g/mol. The van der Waals surface area contributed by atoms with Crippen LogP contribution in [-0.4, -0.2) is 31.1 Å². The molecule has 0 aromatic rings. The van der Waals surface area contributed by atoms with E-state index < -0.39 is 0 Å². The van der Waals surface area contributed by atoms with Gasteiger partial charge < -0.3 is 10.6 Å². The van der Waals surface area contributed by atoms with E-state index in [1.807, 2.05) is 0 Å². The molecule has 0 atom stereocenters. The molecule has 0 saturated heterocycles. The Morgan fingerprint density at radius 1 is 1.20 bits per heavy atom. The summed E-state index contributed by atoms with van der Waals surface area (Å²) in [5.74, 6) is 0.872. The van der Waals surface area contributed by atoms with E-state index in [0.29, 0.717) is 5.41 Å². The van der Waals surface area contributed by atoms with Gasteiger partial charge in [0.15, 0.2) is 0 Å². The lowest BCUT2D eigenvalue weighted by atomic mass is 9.67. The molecule has 1 rings (SSSR count). The number of likely N-dealkylation sites (N-methyl/N-ethyl adjacent to an activating group) is 1. The Kier molecular flexibility index (Phi) is 3.83. The molecule has 0 aliphatic heterocycles. The summed E-state index contributed by atoms with van der Waals surface area (Å²) >= 11 is 0. The number of hydrogen-bond donors (Lipinski definition) is 1. The topological polar surface area (TPSA) is 29.3 Å². The van der Waals surface area contributed by atoms with Crippen molar-refractivity contribution in [2.24, 2.45) is 17.1 Å². The van der Waals surface area contributed by atoms with Crippen LogP contribution in [0.1, 0.15) is 46.5 Å². The Morgan fingerprint density at radius 2 is 1.67 bits per heavy atom. The van der Waals surface area contributed by atoms with Crippen LogP contribution in [0.5, 0.6) is 0 Å². The SMILES string of the molecule is CN(C)C1(CN)CCC(C(C)(C)C)CC1. The minimum absolute atomic E-state index is 0.280. The molecule has 90 valence electrons. The van der Waals surface area contributed by atoms with Crippen molar-refractivity contribution in [2.75, 3.05) is 20.6 Å². The van der Waals surface area contributed by atoms with E-state index in [0.717, 1.165) is 12.5 Å². The van der Waals surface area contributed by atoms with Gasteiger partial charge in [0.1, 0.15) is 0 Å². The molecule has 0 bridgehead atoms. The molecule has 2 N–H and O–H groups in total. The van der Waals surface area contributed by atoms with Crippen LogP contribution < -0.4 is 5.73 Å². The quantitative estimate of drug-likeness (QED) is 0.762. The van der Waals surface area contributed by atoms with E-state index in [-0.39, 0.29) is 5.54 Å². The maximum Gasteiger partial charge on any atom is 0.0325 e. The van der Waals surface area contributed by atoms with Crippen molar-refractivity contribution in [1.82, 2.24) is 4.90 Å². The van der Waals surface area contributed by atoms with Crippen molar-refractivity contribution < 1.29 is 0 Å². The van der Waals surface area contributed by atoms with Gasteiger partial charge in [-0.1, -0.05) is 20.8 Å². The van der Waals surface area contributed by atoms with E-state index in [4.69, 9.17) is 5.73 Å². The van der Waals surface area contributed by atoms with Crippen molar-refractivity contribution in [3.63, 3.8) is 0 Å². The van der Waals surface area contributed by atoms with Gasteiger partial charge in [-0.05, 0) is 51.1 Å². The molecule has 0 aromatic carbocycles. The van der Waals surface area contributed by atoms with Gasteiger partial charge in [0.05, 0.1) is 0 Å². The molecular weight excluding hydrogens is 184 g/mol. The summed E-state index contributed by atoms with van der Waals surface area (Å²) in [7, 11) is 4.34. The maximum atomic E-state index is 5.95. The lowest BCUT2D eigenvalue weighted by Crippen LogP contribution is -2.53. The fraction of sp³-hybridized carbons (Fsp3) is 1.00. The van der Waals surface area contributed by atoms with Gasteiger partial charge in [-0.15, -0.1) is 0 Å². The second-order valence-corrected chi connectivity index (χ2v) is 6.46. The van der Waals surface area contributed by atoms with Crippen molar-refractivity contribution >= 4 is 0 Å². The zero-order valence-electron chi connectivity index (χ0n) is 11.1. The van der Waals surface area contributed by atoms with E-state index in [2.05, 4.69) is 39.8 Å². The van der Waals surface area contributed by atoms with Gasteiger partial charge in [0.2, 0.25) is 0 Å². The number of rotatable bonds is 2. The minimum atomic E-state index is 0.280. The normalized spacial score (nSPS) is 33.4. The third-order valence-corrected chi connectivity index (χ3v) is 4.47. The Morgan fingerprint density at radius 3 is 1.93 bits per heavy atom. The van der Waals surface area contributed by atoms with Crippen LogP contribution in [0.2, 0.25) is 0 Å². The molecule has 0 amide bonds. The van der Waals surface area contributed by atoms with E-state index in [1.165, 1.54) is 25.7 Å². The summed E-state index contributed by atoms with van der Waals surface area (Å²) in [5.41, 5.74) is 6.70. The Hall–Kier alpha value is -0.0800. The molecule has 0 aromatic heterocycles. The van der Waals surface area contributed by atoms with Gasteiger partial charge in [-0.3, -0.25) is 0 Å². The smallest absolute Gasteiger partial charge is 0.0325 e. The molecule has 0 radical (unpaired) electrons. The Labute approximate surface area is 95.2 Å². The fourth-order valence-corrected chi connectivity index (χ4v) is 2.86. The third-order valence-electron chi connectivity index (χ3n) is 4.47. The lowest BCUT2D eigenvalue weighted by Gasteiger charge is -2.47. The first-order chi connectivity index (χ1) is 6.82. The summed E-state index contributed by atoms with van der Waals surface area (Å²) in [6, 6.07) is 0. The molecular formula is C13H28N2. The Bertz CT molecular complexity index is 195. The molecule has 1 saturated carbocycles. The average Bonchev–Trinajstić information content (AvgIpc) is 2.16. The van der Waals surface area contributed by atoms with Gasteiger partial charge in [-0.25, -0.2) is 0 Å². The van der Waals surface area contributed by atoms with Crippen molar-refractivity contribution in [2.45, 2.75) is 52.0 Å². The number of nitrogens with two attached hydrogens (primary N) is 1. The highest BCUT2D eigenvalue weighted by atomic mass is 15.2. The molecule has 2 nitrogen and oxygen atoms in total. The van der Waals surface area contributed by atoms with Gasteiger partial charge in [0.25, 0.3) is 0 Å². The highest BCUT2D eigenvalue weighted by Crippen LogP contribution is 2.42. The fourth-order valence-electron chi connectivity index (χ4n) is 2.86. The summed E-state index contributed by atoms with van der Waals surface area (Å²) in [6.07, 6.45) is 5.19. The lowest BCUT2D eigenvalue weighted by molar-refractivity contribution is 0.0541. The standard InChI is InChI=1S/C13H28N2/c1-12(2,3)11-6-8-13(10-14,9-7-11)15(4)5/h11H,6-10,14H2,1-5H3. The highest BCUT2D eigenvalue weighted by Gasteiger charge is 2.39. The van der Waals surface area contributed by atoms with E-state index in [9.17, 15) is 0 Å². The van der Waals surface area contributed by atoms with Gasteiger partial charge in [-0.2, -0.15) is 0 Å². The van der Waals surface area contributed by atoms with Gasteiger partial charge >= 0.3 is 0 Å². The summed E-state index contributed by atoms with van der Waals surface area (Å²) < 4.78 is 0. The van der Waals surface area contributed by atoms with Gasteiger partial charge in [0, 0.05) is 12.1 Å². The molecule has 1 aliphatic rings. The first-order valence-electron chi connectivity index (χ1n) is 6.19. The van der Waals surface area contributed by atoms with Crippen molar-refractivity contribution in [1.29, 1.82) is 0 Å². The van der Waals surface area contributed by atoms with Crippen LogP contribution in [-0.2, 0) is 0 Å². The van der Waals surface area contributed by atoms with E-state index >= 15 is 0 Å². The second kappa shape index (κ2) is 4.42. The predicted molar refractivity (Wildman–Crippen MR) is 66.9 cm³/mol. The zero-order valence-corrected chi connectivity index (χ0v) is 11.1. The predicted octanol–water partition coefficient (Wildman–Crippen LogP) is 2.48. The molecule has 15 heavy (non-hydrogen) atoms. The van der Waals surface area contributed by atoms with Crippen LogP contribution in [0.3, 0.4) is 0 Å².